The number of H-pyrrole nitrogens is 1. The van der Waals surface area contributed by atoms with E-state index in [1.807, 2.05) is 38.1 Å². The van der Waals surface area contributed by atoms with Gasteiger partial charge in [0.15, 0.2) is 18.1 Å². The highest BCUT2D eigenvalue weighted by molar-refractivity contribution is 6.09. The van der Waals surface area contributed by atoms with Crippen molar-refractivity contribution in [3.63, 3.8) is 0 Å². The number of aldehydes is 1. The number of aryl methyl sites for hydroxylation is 1. The van der Waals surface area contributed by atoms with Gasteiger partial charge in [0.1, 0.15) is 6.29 Å². The van der Waals surface area contributed by atoms with E-state index in [0.717, 1.165) is 22.9 Å². The van der Waals surface area contributed by atoms with Crippen molar-refractivity contribution in [2.75, 3.05) is 13.2 Å². The molecule has 0 radical (unpaired) electrons. The van der Waals surface area contributed by atoms with E-state index < -0.39 is 0 Å². The number of Topliss-reactive ketones (excluding diaryl/α,β-unsaturated/α-hetero) is 1. The van der Waals surface area contributed by atoms with Crippen molar-refractivity contribution in [2.24, 2.45) is 0 Å². The molecule has 3 rings (SSSR count). The number of carbonyl (C=O) groups is 2. The van der Waals surface area contributed by atoms with E-state index >= 15 is 0 Å². The van der Waals surface area contributed by atoms with Gasteiger partial charge in [-0.3, -0.25) is 9.59 Å². The monoisotopic (exact) mass is 337 g/mol. The number of fused-ring (bicyclic) bond motifs is 1. The summed E-state index contributed by atoms with van der Waals surface area (Å²) in [7, 11) is 0. The highest BCUT2D eigenvalue weighted by Gasteiger charge is 2.17. The number of nitrogens with one attached hydrogen (secondary N) is 1. The summed E-state index contributed by atoms with van der Waals surface area (Å²) in [5, 5.41) is 0.884. The summed E-state index contributed by atoms with van der Waals surface area (Å²) in [6.07, 6.45) is 0.743. The second-order valence-electron chi connectivity index (χ2n) is 5.64. The van der Waals surface area contributed by atoms with Gasteiger partial charge in [0.2, 0.25) is 5.78 Å². The zero-order valence-corrected chi connectivity index (χ0v) is 14.2. The van der Waals surface area contributed by atoms with E-state index in [1.54, 1.807) is 18.2 Å². The maximum absolute atomic E-state index is 12.7. The summed E-state index contributed by atoms with van der Waals surface area (Å²) >= 11 is 0. The van der Waals surface area contributed by atoms with Crippen molar-refractivity contribution in [2.45, 2.75) is 13.8 Å². The molecule has 0 aliphatic rings. The number of aromatic amines is 1. The Hall–Kier alpha value is -3.08. The Morgan fingerprint density at radius 3 is 2.68 bits per heavy atom. The first-order valence-corrected chi connectivity index (χ1v) is 8.09. The lowest BCUT2D eigenvalue weighted by molar-refractivity contribution is 0.0919. The van der Waals surface area contributed by atoms with Crippen LogP contribution in [0.5, 0.6) is 11.5 Å². The Morgan fingerprint density at radius 1 is 1.12 bits per heavy atom. The van der Waals surface area contributed by atoms with Crippen LogP contribution >= 0.6 is 0 Å². The fraction of sp³-hybridized carbons (Fsp3) is 0.200. The summed E-state index contributed by atoms with van der Waals surface area (Å²) in [5.74, 6) is 0.783. The number of carbonyl (C=O) groups excluding carboxylic acids is 2. The van der Waals surface area contributed by atoms with Crippen LogP contribution < -0.4 is 9.47 Å². The van der Waals surface area contributed by atoms with Crippen molar-refractivity contribution < 1.29 is 19.1 Å². The van der Waals surface area contributed by atoms with Crippen LogP contribution in [0, 0.1) is 6.92 Å². The zero-order valence-electron chi connectivity index (χ0n) is 14.2. The number of para-hydroxylation sites is 1. The third kappa shape index (κ3) is 3.40. The first kappa shape index (κ1) is 16.8. The van der Waals surface area contributed by atoms with E-state index in [0.29, 0.717) is 29.2 Å². The molecule has 2 aromatic carbocycles. The van der Waals surface area contributed by atoms with E-state index in [4.69, 9.17) is 9.47 Å². The lowest BCUT2D eigenvalue weighted by Gasteiger charge is -2.12. The average Bonchev–Trinajstić information content (AvgIpc) is 2.96. The van der Waals surface area contributed by atoms with Crippen LogP contribution in [0.25, 0.3) is 10.9 Å². The fourth-order valence-electron chi connectivity index (χ4n) is 2.84. The fourth-order valence-corrected chi connectivity index (χ4v) is 2.84. The van der Waals surface area contributed by atoms with Crippen LogP contribution in [0.15, 0.2) is 42.5 Å². The quantitative estimate of drug-likeness (QED) is 0.523. The summed E-state index contributed by atoms with van der Waals surface area (Å²) in [5.41, 5.74) is 2.87. The molecule has 0 saturated heterocycles. The van der Waals surface area contributed by atoms with E-state index in [2.05, 4.69) is 4.98 Å². The largest absolute Gasteiger partial charge is 0.490 e. The Bertz CT molecular complexity index is 927. The lowest BCUT2D eigenvalue weighted by Crippen LogP contribution is -2.13. The van der Waals surface area contributed by atoms with Crippen molar-refractivity contribution >= 4 is 23.0 Å². The molecule has 0 spiro atoms. The molecule has 1 aromatic heterocycles. The van der Waals surface area contributed by atoms with Crippen molar-refractivity contribution in [1.29, 1.82) is 0 Å². The minimum atomic E-state index is -0.114. The van der Waals surface area contributed by atoms with Gasteiger partial charge in [0, 0.05) is 27.7 Å². The molecule has 0 saturated carbocycles. The number of ether oxygens (including phenoxy) is 2. The molecule has 128 valence electrons. The Labute approximate surface area is 145 Å². The molecule has 25 heavy (non-hydrogen) atoms. The lowest BCUT2D eigenvalue weighted by atomic mass is 10.1. The molecule has 0 bridgehead atoms. The zero-order chi connectivity index (χ0) is 17.8. The first-order chi connectivity index (χ1) is 12.1. The Kier molecular flexibility index (Phi) is 4.84. The summed E-state index contributed by atoms with van der Waals surface area (Å²) < 4.78 is 11.2. The van der Waals surface area contributed by atoms with E-state index in [9.17, 15) is 9.59 Å². The van der Waals surface area contributed by atoms with Gasteiger partial charge >= 0.3 is 0 Å². The molecule has 5 nitrogen and oxygen atoms in total. The summed E-state index contributed by atoms with van der Waals surface area (Å²) in [6, 6.07) is 12.6. The molecular formula is C20H19NO4. The van der Waals surface area contributed by atoms with Gasteiger partial charge in [-0.2, -0.15) is 0 Å². The number of ketones is 1. The third-order valence-electron chi connectivity index (χ3n) is 3.93. The molecular weight excluding hydrogens is 318 g/mol. The van der Waals surface area contributed by atoms with Crippen molar-refractivity contribution in [1.82, 2.24) is 4.98 Å². The molecule has 1 N–H and O–H groups in total. The smallest absolute Gasteiger partial charge is 0.202 e. The van der Waals surface area contributed by atoms with Gasteiger partial charge in [-0.05, 0) is 38.1 Å². The normalized spacial score (nSPS) is 10.6. The van der Waals surface area contributed by atoms with Crippen LogP contribution in [0.1, 0.15) is 33.3 Å². The van der Waals surface area contributed by atoms with Gasteiger partial charge < -0.3 is 14.5 Å². The van der Waals surface area contributed by atoms with Gasteiger partial charge in [-0.1, -0.05) is 18.2 Å². The second-order valence-corrected chi connectivity index (χ2v) is 5.64. The van der Waals surface area contributed by atoms with Crippen LogP contribution in [-0.4, -0.2) is 30.3 Å². The molecule has 3 aromatic rings. The van der Waals surface area contributed by atoms with Crippen molar-refractivity contribution in [3.05, 3.63) is 59.3 Å². The number of hydrogen-bond donors (Lipinski definition) is 1. The number of aromatic nitrogens is 1. The minimum Gasteiger partial charge on any atom is -0.490 e. The second kappa shape index (κ2) is 7.21. The van der Waals surface area contributed by atoms with Gasteiger partial charge in [-0.15, -0.1) is 0 Å². The van der Waals surface area contributed by atoms with Crippen LogP contribution in [0.3, 0.4) is 0 Å². The molecule has 1 heterocycles. The summed E-state index contributed by atoms with van der Waals surface area (Å²) in [6.45, 7) is 4.05. The molecule has 0 aliphatic heterocycles. The highest BCUT2D eigenvalue weighted by atomic mass is 16.5. The maximum Gasteiger partial charge on any atom is 0.202 e. The SMILES string of the molecule is CCOc1cc(C=O)ccc1OCC(=O)c1c(C)[nH]c2ccccc12. The number of benzene rings is 2. The van der Waals surface area contributed by atoms with Crippen molar-refractivity contribution in [3.8, 4) is 11.5 Å². The molecule has 0 unspecified atom stereocenters. The predicted molar refractivity (Wildman–Crippen MR) is 95.9 cm³/mol. The molecule has 0 fully saturated rings. The topological polar surface area (TPSA) is 68.4 Å². The number of rotatable bonds is 7. The van der Waals surface area contributed by atoms with E-state index in [-0.39, 0.29) is 12.4 Å². The molecule has 0 atom stereocenters. The first-order valence-electron chi connectivity index (χ1n) is 8.09. The molecule has 0 aliphatic carbocycles. The van der Waals surface area contributed by atoms with Crippen LogP contribution in [-0.2, 0) is 0 Å². The van der Waals surface area contributed by atoms with Gasteiger partial charge in [0.05, 0.1) is 6.61 Å². The Balaban J connectivity index is 1.82. The minimum absolute atomic E-state index is 0.108. The third-order valence-corrected chi connectivity index (χ3v) is 3.93. The highest BCUT2D eigenvalue weighted by Crippen LogP contribution is 2.29. The van der Waals surface area contributed by atoms with Gasteiger partial charge in [0.25, 0.3) is 0 Å². The van der Waals surface area contributed by atoms with E-state index in [1.165, 1.54) is 0 Å². The molecule has 0 amide bonds. The molecule has 5 heteroatoms. The van der Waals surface area contributed by atoms with Crippen LogP contribution in [0.2, 0.25) is 0 Å². The summed E-state index contributed by atoms with van der Waals surface area (Å²) in [4.78, 5) is 26.8. The predicted octanol–water partition coefficient (Wildman–Crippen LogP) is 3.95. The standard InChI is InChI=1S/C20H19NO4/c1-3-24-19-10-14(11-22)8-9-18(19)25-12-17(23)20-13(2)21-16-7-5-4-6-15(16)20/h4-11,21H,3,12H2,1-2H3. The Morgan fingerprint density at radius 2 is 1.92 bits per heavy atom. The maximum atomic E-state index is 12.7. The van der Waals surface area contributed by atoms with Crippen LogP contribution in [0.4, 0.5) is 0 Å². The van der Waals surface area contributed by atoms with Gasteiger partial charge in [-0.25, -0.2) is 0 Å². The average molecular weight is 337 g/mol. The number of hydrogen-bond acceptors (Lipinski definition) is 4.